The number of hydrogen-bond donors (Lipinski definition) is 2. The summed E-state index contributed by atoms with van der Waals surface area (Å²) in [4.78, 5) is 42.9. The topological polar surface area (TPSA) is 162 Å². The van der Waals surface area contributed by atoms with Gasteiger partial charge in [0, 0.05) is 18.7 Å². The van der Waals surface area contributed by atoms with E-state index in [9.17, 15) is 29.8 Å². The Balaban J connectivity index is 1.86. The average Bonchev–Trinajstić information content (AvgIpc) is 2.67. The molecular weight excluding hydrogens is 374 g/mol. The lowest BCUT2D eigenvalue weighted by molar-refractivity contribution is -0.394. The summed E-state index contributed by atoms with van der Waals surface area (Å²) in [6.45, 7) is 0.379. The first-order chi connectivity index (χ1) is 13.3. The molecule has 0 aliphatic heterocycles. The van der Waals surface area contributed by atoms with E-state index in [2.05, 4.69) is 5.32 Å². The average molecular weight is 389 g/mol. The molecule has 2 rings (SSSR count). The molecule has 2 N–H and O–H groups in total. The van der Waals surface area contributed by atoms with Gasteiger partial charge in [-0.25, -0.2) is 4.79 Å². The van der Waals surface area contributed by atoms with E-state index >= 15 is 0 Å². The second kappa shape index (κ2) is 9.19. The maximum atomic E-state index is 12.1. The van der Waals surface area contributed by atoms with Gasteiger partial charge in [-0.1, -0.05) is 12.1 Å². The van der Waals surface area contributed by atoms with Gasteiger partial charge in [-0.15, -0.1) is 0 Å². The maximum Gasteiger partial charge on any atom is 0.335 e. The van der Waals surface area contributed by atoms with E-state index in [-0.39, 0.29) is 30.9 Å². The van der Waals surface area contributed by atoms with Crippen LogP contribution in [0.1, 0.15) is 26.3 Å². The van der Waals surface area contributed by atoms with Gasteiger partial charge in [-0.05, 0) is 17.7 Å². The first-order valence-electron chi connectivity index (χ1n) is 7.90. The van der Waals surface area contributed by atoms with E-state index in [4.69, 9.17) is 9.84 Å². The number of nitro groups is 2. The Morgan fingerprint density at radius 2 is 1.54 bits per heavy atom. The quantitative estimate of drug-likeness (QED) is 0.374. The highest BCUT2D eigenvalue weighted by molar-refractivity contribution is 5.95. The van der Waals surface area contributed by atoms with Gasteiger partial charge < -0.3 is 15.2 Å². The summed E-state index contributed by atoms with van der Waals surface area (Å²) in [5.41, 5.74) is -0.418. The van der Waals surface area contributed by atoms with Crippen LogP contribution >= 0.6 is 0 Å². The normalized spacial score (nSPS) is 10.3. The van der Waals surface area contributed by atoms with Crippen molar-refractivity contribution in [1.29, 1.82) is 0 Å². The molecule has 0 atom stereocenters. The van der Waals surface area contributed by atoms with Crippen LogP contribution in [0.3, 0.4) is 0 Å². The van der Waals surface area contributed by atoms with Gasteiger partial charge in [0.1, 0.15) is 0 Å². The second-order valence-corrected chi connectivity index (χ2v) is 5.56. The monoisotopic (exact) mass is 389 g/mol. The lowest BCUT2D eigenvalue weighted by Crippen LogP contribution is -2.27. The summed E-state index contributed by atoms with van der Waals surface area (Å²) in [5, 5.41) is 33.0. The molecule has 1 amide bonds. The van der Waals surface area contributed by atoms with Crippen LogP contribution in [0.5, 0.6) is 0 Å². The van der Waals surface area contributed by atoms with Crippen LogP contribution in [-0.4, -0.2) is 40.0 Å². The molecule has 0 radical (unpaired) electrons. The molecule has 0 aliphatic rings. The molecule has 146 valence electrons. The Bertz CT molecular complexity index is 879. The predicted octanol–water partition coefficient (Wildman–Crippen LogP) is 2.15. The molecule has 0 heterocycles. The number of aromatic carboxylic acids is 1. The number of carbonyl (C=O) groups is 2. The maximum absolute atomic E-state index is 12.1. The Morgan fingerprint density at radius 1 is 0.964 bits per heavy atom. The summed E-state index contributed by atoms with van der Waals surface area (Å²) in [6.07, 6.45) is 0. The lowest BCUT2D eigenvalue weighted by Gasteiger charge is -2.07. The third-order valence-corrected chi connectivity index (χ3v) is 3.59. The van der Waals surface area contributed by atoms with Crippen molar-refractivity contribution < 1.29 is 29.3 Å². The zero-order valence-electron chi connectivity index (χ0n) is 14.4. The molecule has 0 unspecified atom stereocenters. The Morgan fingerprint density at radius 3 is 2.04 bits per heavy atom. The smallest absolute Gasteiger partial charge is 0.335 e. The molecule has 0 spiro atoms. The molecule has 0 fully saturated rings. The van der Waals surface area contributed by atoms with Crippen molar-refractivity contribution in [2.24, 2.45) is 0 Å². The van der Waals surface area contributed by atoms with Gasteiger partial charge >= 0.3 is 5.97 Å². The summed E-state index contributed by atoms with van der Waals surface area (Å²) in [6, 6.07) is 8.76. The molecule has 11 nitrogen and oxygen atoms in total. The van der Waals surface area contributed by atoms with Crippen molar-refractivity contribution >= 4 is 23.3 Å². The number of carboxylic acids is 1. The number of amides is 1. The van der Waals surface area contributed by atoms with Crippen molar-refractivity contribution in [1.82, 2.24) is 5.32 Å². The Hall–Kier alpha value is -3.86. The van der Waals surface area contributed by atoms with Gasteiger partial charge in [0.15, 0.2) is 0 Å². The van der Waals surface area contributed by atoms with E-state index in [1.54, 1.807) is 12.1 Å². The first-order valence-corrected chi connectivity index (χ1v) is 7.90. The number of benzene rings is 2. The number of nitrogens with zero attached hydrogens (tertiary/aromatic N) is 2. The first kappa shape index (κ1) is 20.5. The molecule has 28 heavy (non-hydrogen) atoms. The van der Waals surface area contributed by atoms with E-state index in [1.165, 1.54) is 12.1 Å². The molecule has 2 aromatic rings. The number of carbonyl (C=O) groups excluding carboxylic acids is 1. The number of non-ortho nitro benzene ring substituents is 2. The van der Waals surface area contributed by atoms with Gasteiger partial charge in [0.05, 0.1) is 40.3 Å². The lowest BCUT2D eigenvalue weighted by atomic mass is 10.1. The third-order valence-electron chi connectivity index (χ3n) is 3.59. The summed E-state index contributed by atoms with van der Waals surface area (Å²) < 4.78 is 5.35. The van der Waals surface area contributed by atoms with Gasteiger partial charge in [-0.3, -0.25) is 25.0 Å². The number of nitrogens with one attached hydrogen (secondary N) is 1. The number of hydrogen-bond acceptors (Lipinski definition) is 7. The molecule has 0 aliphatic carbocycles. The number of rotatable bonds is 9. The van der Waals surface area contributed by atoms with Crippen molar-refractivity contribution in [2.75, 3.05) is 13.2 Å². The van der Waals surface area contributed by atoms with Crippen LogP contribution in [0.2, 0.25) is 0 Å². The van der Waals surface area contributed by atoms with Crippen molar-refractivity contribution in [3.8, 4) is 0 Å². The summed E-state index contributed by atoms with van der Waals surface area (Å²) in [5.74, 6) is -1.74. The zero-order valence-corrected chi connectivity index (χ0v) is 14.4. The highest BCUT2D eigenvalue weighted by Crippen LogP contribution is 2.22. The minimum absolute atomic E-state index is 0.0720. The standard InChI is InChI=1S/C17H15N3O8/c21-16(13-7-14(19(24)25)9-15(8-13)20(26)27)18-5-6-28-10-11-1-3-12(4-2-11)17(22)23/h1-4,7-9H,5-6,10H2,(H,18,21)(H,22,23). The molecule has 0 saturated heterocycles. The van der Waals surface area contributed by atoms with E-state index in [0.29, 0.717) is 0 Å². The predicted molar refractivity (Wildman–Crippen MR) is 95.1 cm³/mol. The van der Waals surface area contributed by atoms with E-state index in [1.807, 2.05) is 0 Å². The fourth-order valence-electron chi connectivity index (χ4n) is 2.21. The van der Waals surface area contributed by atoms with Crippen LogP contribution in [0.15, 0.2) is 42.5 Å². The number of nitro benzene ring substituents is 2. The minimum Gasteiger partial charge on any atom is -0.478 e. The van der Waals surface area contributed by atoms with Crippen LogP contribution in [0.25, 0.3) is 0 Å². The highest BCUT2D eigenvalue weighted by atomic mass is 16.6. The Labute approximate surface area is 157 Å². The van der Waals surface area contributed by atoms with Crippen molar-refractivity contribution in [3.63, 3.8) is 0 Å². The minimum atomic E-state index is -1.03. The third kappa shape index (κ3) is 5.57. The molecule has 11 heteroatoms. The van der Waals surface area contributed by atoms with Crippen LogP contribution < -0.4 is 5.32 Å². The zero-order chi connectivity index (χ0) is 20.7. The molecule has 0 aromatic heterocycles. The van der Waals surface area contributed by atoms with Gasteiger partial charge in [0.2, 0.25) is 0 Å². The fourth-order valence-corrected chi connectivity index (χ4v) is 2.21. The van der Waals surface area contributed by atoms with Crippen LogP contribution in [-0.2, 0) is 11.3 Å². The van der Waals surface area contributed by atoms with E-state index in [0.717, 1.165) is 23.8 Å². The molecular formula is C17H15N3O8. The largest absolute Gasteiger partial charge is 0.478 e. The summed E-state index contributed by atoms with van der Waals surface area (Å²) >= 11 is 0. The molecule has 2 aromatic carbocycles. The van der Waals surface area contributed by atoms with Crippen LogP contribution in [0, 0.1) is 20.2 Å². The molecule has 0 bridgehead atoms. The SMILES string of the molecule is O=C(O)c1ccc(COCCNC(=O)c2cc([N+](=O)[O-])cc([N+](=O)[O-])c2)cc1. The summed E-state index contributed by atoms with van der Waals surface area (Å²) in [7, 11) is 0. The van der Waals surface area contributed by atoms with Gasteiger partial charge in [-0.2, -0.15) is 0 Å². The molecule has 0 saturated carbocycles. The number of carboxylic acid groups (broad SMARTS) is 1. The Kier molecular flexibility index (Phi) is 6.71. The van der Waals surface area contributed by atoms with Gasteiger partial charge in [0.25, 0.3) is 17.3 Å². The van der Waals surface area contributed by atoms with E-state index < -0.39 is 33.1 Å². The van der Waals surface area contributed by atoms with Crippen molar-refractivity contribution in [2.45, 2.75) is 6.61 Å². The number of ether oxygens (including phenoxy) is 1. The van der Waals surface area contributed by atoms with Crippen molar-refractivity contribution in [3.05, 3.63) is 79.4 Å². The highest BCUT2D eigenvalue weighted by Gasteiger charge is 2.19. The fraction of sp³-hybridized carbons (Fsp3) is 0.176. The second-order valence-electron chi connectivity index (χ2n) is 5.56. The van der Waals surface area contributed by atoms with Crippen LogP contribution in [0.4, 0.5) is 11.4 Å².